The van der Waals surface area contributed by atoms with E-state index >= 15 is 0 Å². The number of aromatic nitrogens is 3. The number of halogens is 3. The van der Waals surface area contributed by atoms with Crippen LogP contribution >= 0.6 is 24.8 Å². The Morgan fingerprint density at radius 2 is 2.07 bits per heavy atom. The molecule has 3 heterocycles. The van der Waals surface area contributed by atoms with Gasteiger partial charge in [-0.3, -0.25) is 4.79 Å². The van der Waals surface area contributed by atoms with Crippen molar-refractivity contribution in [3.63, 3.8) is 0 Å². The van der Waals surface area contributed by atoms with Crippen molar-refractivity contribution >= 4 is 36.4 Å². The number of benzene rings is 1. The van der Waals surface area contributed by atoms with Crippen LogP contribution in [0.3, 0.4) is 0 Å². The molecule has 1 amide bonds. The van der Waals surface area contributed by atoms with Crippen molar-refractivity contribution in [3.8, 4) is 11.4 Å². The summed E-state index contributed by atoms with van der Waals surface area (Å²) in [7, 11) is 0. The van der Waals surface area contributed by atoms with E-state index in [4.69, 9.17) is 0 Å². The van der Waals surface area contributed by atoms with Crippen molar-refractivity contribution in [1.82, 2.24) is 20.1 Å². The molecule has 0 bridgehead atoms. The number of hydrogen-bond acceptors (Lipinski definition) is 4. The van der Waals surface area contributed by atoms with E-state index in [1.54, 1.807) is 12.1 Å². The van der Waals surface area contributed by atoms with Gasteiger partial charge in [0.15, 0.2) is 5.82 Å². The van der Waals surface area contributed by atoms with Crippen molar-refractivity contribution in [1.29, 1.82) is 0 Å². The van der Waals surface area contributed by atoms with E-state index in [2.05, 4.69) is 20.8 Å². The molecule has 0 saturated carbocycles. The first-order valence-corrected chi connectivity index (χ1v) is 8.96. The van der Waals surface area contributed by atoms with Gasteiger partial charge in [-0.1, -0.05) is 6.42 Å². The van der Waals surface area contributed by atoms with E-state index in [0.29, 0.717) is 23.6 Å². The molecule has 2 aromatic rings. The lowest BCUT2D eigenvalue weighted by molar-refractivity contribution is -0.119. The van der Waals surface area contributed by atoms with E-state index in [1.807, 2.05) is 4.57 Å². The molecule has 0 aliphatic carbocycles. The van der Waals surface area contributed by atoms with Crippen LogP contribution in [0, 0.1) is 11.7 Å². The van der Waals surface area contributed by atoms with Crippen LogP contribution in [0.15, 0.2) is 18.2 Å². The number of carbonyl (C=O) groups is 1. The van der Waals surface area contributed by atoms with E-state index in [9.17, 15) is 9.18 Å². The quantitative estimate of drug-likeness (QED) is 0.806. The highest BCUT2D eigenvalue weighted by atomic mass is 35.5. The molecule has 1 saturated heterocycles. The number of nitrogens with zero attached hydrogens (tertiary/aromatic N) is 3. The van der Waals surface area contributed by atoms with Gasteiger partial charge in [0.25, 0.3) is 0 Å². The zero-order chi connectivity index (χ0) is 17.2. The van der Waals surface area contributed by atoms with Crippen molar-refractivity contribution in [3.05, 3.63) is 29.8 Å². The SMILES string of the molecule is Cl.Cl.O=C(Nc1ccc(F)c(-c2nnc3n2CCCCC3)c1)C1CCNC1. The van der Waals surface area contributed by atoms with Crippen LogP contribution < -0.4 is 10.6 Å². The van der Waals surface area contributed by atoms with Crippen LogP contribution in [0.2, 0.25) is 0 Å². The third-order valence-electron chi connectivity index (χ3n) is 5.02. The number of rotatable bonds is 3. The van der Waals surface area contributed by atoms with E-state index in [1.165, 1.54) is 6.07 Å². The highest BCUT2D eigenvalue weighted by molar-refractivity contribution is 5.93. The molecule has 1 unspecified atom stereocenters. The second-order valence-electron chi connectivity index (χ2n) is 6.78. The number of aryl methyl sites for hydroxylation is 1. The molecule has 1 atom stereocenters. The number of fused-ring (bicyclic) bond motifs is 1. The summed E-state index contributed by atoms with van der Waals surface area (Å²) in [5.74, 6) is 1.06. The molecule has 4 rings (SSSR count). The smallest absolute Gasteiger partial charge is 0.228 e. The average Bonchev–Trinajstić information content (AvgIpc) is 3.22. The highest BCUT2D eigenvalue weighted by Gasteiger charge is 2.23. The molecule has 1 aromatic carbocycles. The Balaban J connectivity index is 0.00000131. The fourth-order valence-electron chi connectivity index (χ4n) is 3.58. The molecule has 1 aromatic heterocycles. The first kappa shape index (κ1) is 21.6. The summed E-state index contributed by atoms with van der Waals surface area (Å²) in [4.78, 5) is 12.3. The third kappa shape index (κ3) is 4.59. The summed E-state index contributed by atoms with van der Waals surface area (Å²) in [6.07, 6.45) is 4.99. The molecular weight excluding hydrogens is 392 g/mol. The van der Waals surface area contributed by atoms with Crippen molar-refractivity contribution < 1.29 is 9.18 Å². The fraction of sp³-hybridized carbons (Fsp3) is 0.500. The van der Waals surface area contributed by atoms with Gasteiger partial charge in [0, 0.05) is 25.2 Å². The standard InChI is InChI=1S/C18H22FN5O.2ClH/c19-15-6-5-13(21-18(25)12-7-8-20-11-12)10-14(15)17-23-22-16-4-2-1-3-9-24(16)17;;/h5-6,10,12,20H,1-4,7-9,11H2,(H,21,25);2*1H. The lowest BCUT2D eigenvalue weighted by Crippen LogP contribution is -2.24. The lowest BCUT2D eigenvalue weighted by atomic mass is 10.1. The molecule has 9 heteroatoms. The normalized spacial score (nSPS) is 18.6. The second kappa shape index (κ2) is 9.48. The highest BCUT2D eigenvalue weighted by Crippen LogP contribution is 2.27. The monoisotopic (exact) mass is 415 g/mol. The molecular formula is C18H24Cl2FN5O. The van der Waals surface area contributed by atoms with Gasteiger partial charge in [-0.2, -0.15) is 0 Å². The molecule has 27 heavy (non-hydrogen) atoms. The Bertz CT molecular complexity index is 792. The van der Waals surface area contributed by atoms with Gasteiger partial charge in [0.2, 0.25) is 5.91 Å². The van der Waals surface area contributed by atoms with Crippen molar-refractivity contribution in [2.24, 2.45) is 5.92 Å². The van der Waals surface area contributed by atoms with Gasteiger partial charge in [-0.25, -0.2) is 4.39 Å². The minimum absolute atomic E-state index is 0. The maximum atomic E-state index is 14.4. The third-order valence-corrected chi connectivity index (χ3v) is 5.02. The maximum Gasteiger partial charge on any atom is 0.228 e. The molecule has 0 radical (unpaired) electrons. The van der Waals surface area contributed by atoms with E-state index < -0.39 is 0 Å². The number of hydrogen-bond donors (Lipinski definition) is 2. The molecule has 6 nitrogen and oxygen atoms in total. The minimum Gasteiger partial charge on any atom is -0.326 e. The summed E-state index contributed by atoms with van der Waals surface area (Å²) >= 11 is 0. The molecule has 2 aliphatic rings. The van der Waals surface area contributed by atoms with Gasteiger partial charge in [-0.15, -0.1) is 35.0 Å². The van der Waals surface area contributed by atoms with Gasteiger partial charge in [-0.05, 0) is 44.0 Å². The number of anilines is 1. The Morgan fingerprint density at radius 3 is 2.85 bits per heavy atom. The first-order chi connectivity index (χ1) is 12.2. The number of nitrogens with one attached hydrogen (secondary N) is 2. The van der Waals surface area contributed by atoms with Crippen molar-refractivity contribution in [2.75, 3.05) is 18.4 Å². The predicted molar refractivity (Wildman–Crippen MR) is 107 cm³/mol. The fourth-order valence-corrected chi connectivity index (χ4v) is 3.58. The Labute approximate surface area is 170 Å². The number of amides is 1. The minimum atomic E-state index is -0.347. The predicted octanol–water partition coefficient (Wildman–Crippen LogP) is 3.20. The maximum absolute atomic E-state index is 14.4. The van der Waals surface area contributed by atoms with E-state index in [0.717, 1.165) is 51.0 Å². The molecule has 0 spiro atoms. The van der Waals surface area contributed by atoms with Gasteiger partial charge < -0.3 is 15.2 Å². The zero-order valence-corrected chi connectivity index (χ0v) is 16.5. The topological polar surface area (TPSA) is 71.8 Å². The first-order valence-electron chi connectivity index (χ1n) is 8.96. The Morgan fingerprint density at radius 1 is 1.22 bits per heavy atom. The average molecular weight is 416 g/mol. The molecule has 148 valence electrons. The Kier molecular flexibility index (Phi) is 7.59. The van der Waals surface area contributed by atoms with Crippen LogP contribution in [0.5, 0.6) is 0 Å². The summed E-state index contributed by atoms with van der Waals surface area (Å²) in [6.45, 7) is 2.36. The van der Waals surface area contributed by atoms with Gasteiger partial charge in [0.05, 0.1) is 11.5 Å². The van der Waals surface area contributed by atoms with Crippen LogP contribution in [0.4, 0.5) is 10.1 Å². The number of carbonyl (C=O) groups excluding carboxylic acids is 1. The van der Waals surface area contributed by atoms with Crippen molar-refractivity contribution in [2.45, 2.75) is 38.6 Å². The summed E-state index contributed by atoms with van der Waals surface area (Å²) in [5.41, 5.74) is 0.988. The van der Waals surface area contributed by atoms with Crippen LogP contribution in [-0.4, -0.2) is 33.8 Å². The zero-order valence-electron chi connectivity index (χ0n) is 14.9. The van der Waals surface area contributed by atoms with Crippen LogP contribution in [0.1, 0.15) is 31.5 Å². The second-order valence-corrected chi connectivity index (χ2v) is 6.78. The summed E-state index contributed by atoms with van der Waals surface area (Å²) in [6, 6.07) is 4.65. The van der Waals surface area contributed by atoms with Crippen LogP contribution in [0.25, 0.3) is 11.4 Å². The molecule has 2 aliphatic heterocycles. The summed E-state index contributed by atoms with van der Waals surface area (Å²) in [5, 5.41) is 14.5. The van der Waals surface area contributed by atoms with Gasteiger partial charge in [0.1, 0.15) is 11.6 Å². The van der Waals surface area contributed by atoms with Crippen LogP contribution in [-0.2, 0) is 17.8 Å². The Hall–Kier alpha value is -1.70. The van der Waals surface area contributed by atoms with Gasteiger partial charge >= 0.3 is 0 Å². The largest absolute Gasteiger partial charge is 0.326 e. The molecule has 2 N–H and O–H groups in total. The van der Waals surface area contributed by atoms with E-state index in [-0.39, 0.29) is 42.5 Å². The lowest BCUT2D eigenvalue weighted by Gasteiger charge is -2.12. The summed E-state index contributed by atoms with van der Waals surface area (Å²) < 4.78 is 16.5. The molecule has 1 fully saturated rings.